The van der Waals surface area contributed by atoms with E-state index >= 15 is 0 Å². The molecule has 8 heteroatoms. The molecule has 1 heterocycles. The number of fused-ring (bicyclic) bond motifs is 1. The van der Waals surface area contributed by atoms with Gasteiger partial charge in [-0.15, -0.1) is 10.1 Å². The molecule has 0 spiro atoms. The Morgan fingerprint density at radius 3 is 2.67 bits per heavy atom. The first-order valence-corrected chi connectivity index (χ1v) is 8.27. The van der Waals surface area contributed by atoms with E-state index in [2.05, 4.69) is 15.1 Å². The molecule has 3 N–H and O–H groups in total. The van der Waals surface area contributed by atoms with Gasteiger partial charge in [-0.2, -0.15) is 0 Å². The number of hydrogen-bond acceptors (Lipinski definition) is 6. The van der Waals surface area contributed by atoms with Crippen molar-refractivity contribution in [3.63, 3.8) is 0 Å². The van der Waals surface area contributed by atoms with Gasteiger partial charge in [-0.25, -0.2) is 0 Å². The summed E-state index contributed by atoms with van der Waals surface area (Å²) in [7, 11) is 0. The molecule has 0 radical (unpaired) electrons. The Hall–Kier alpha value is -3.52. The molecule has 0 aliphatic carbocycles. The molecule has 1 amide bonds. The second kappa shape index (κ2) is 8.24. The summed E-state index contributed by atoms with van der Waals surface area (Å²) in [5.41, 5.74) is 7.84. The van der Waals surface area contributed by atoms with Crippen LogP contribution in [0.4, 0.5) is 5.69 Å². The lowest BCUT2D eigenvalue weighted by Crippen LogP contribution is -2.27. The molecular weight excluding hydrogens is 348 g/mol. The molecule has 3 aromatic rings. The number of nitrogens with two attached hydrogens (primary N) is 1. The highest BCUT2D eigenvalue weighted by atomic mass is 16.9. The summed E-state index contributed by atoms with van der Waals surface area (Å²) in [5, 5.41) is 14.2. The van der Waals surface area contributed by atoms with E-state index in [0.717, 1.165) is 16.3 Å². The highest BCUT2D eigenvalue weighted by Crippen LogP contribution is 2.21. The van der Waals surface area contributed by atoms with E-state index in [-0.39, 0.29) is 19.1 Å². The van der Waals surface area contributed by atoms with Crippen LogP contribution in [0.1, 0.15) is 17.0 Å². The molecule has 0 fully saturated rings. The highest BCUT2D eigenvalue weighted by Gasteiger charge is 2.19. The zero-order valence-electron chi connectivity index (χ0n) is 14.4. The minimum Gasteiger partial charge on any atom is -0.329 e. The lowest BCUT2D eigenvalue weighted by atomic mass is 9.97. The van der Waals surface area contributed by atoms with Gasteiger partial charge in [0.2, 0.25) is 5.91 Å². The van der Waals surface area contributed by atoms with Crippen LogP contribution in [0, 0.1) is 10.1 Å². The Morgan fingerprint density at radius 1 is 1.19 bits per heavy atom. The Bertz CT molecular complexity index is 959. The monoisotopic (exact) mass is 366 g/mol. The molecule has 0 saturated heterocycles. The number of pyridine rings is 1. The normalized spacial score (nSPS) is 11.7. The lowest BCUT2D eigenvalue weighted by Gasteiger charge is -2.16. The first-order valence-electron chi connectivity index (χ1n) is 8.27. The van der Waals surface area contributed by atoms with Crippen LogP contribution in [0.3, 0.4) is 0 Å². The Labute approximate surface area is 155 Å². The van der Waals surface area contributed by atoms with E-state index in [4.69, 9.17) is 5.73 Å². The van der Waals surface area contributed by atoms with Crippen LogP contribution >= 0.6 is 0 Å². The molecule has 2 aromatic carbocycles. The average molecular weight is 366 g/mol. The SMILES string of the molecule is NCC(C(=O)Nc1ccc2cnccc2c1)c1ccc(CO[N+](=O)[O-])cc1. The molecule has 0 bridgehead atoms. The first kappa shape index (κ1) is 18.3. The van der Waals surface area contributed by atoms with Gasteiger partial charge in [0.1, 0.15) is 6.61 Å². The molecule has 8 nitrogen and oxygen atoms in total. The second-order valence-electron chi connectivity index (χ2n) is 5.95. The molecule has 1 aromatic heterocycles. The van der Waals surface area contributed by atoms with Gasteiger partial charge < -0.3 is 15.9 Å². The summed E-state index contributed by atoms with van der Waals surface area (Å²) in [5.74, 6) is -0.760. The van der Waals surface area contributed by atoms with Gasteiger partial charge >= 0.3 is 0 Å². The first-order chi connectivity index (χ1) is 13.1. The third-order valence-electron chi connectivity index (χ3n) is 4.18. The topological polar surface area (TPSA) is 120 Å². The summed E-state index contributed by atoms with van der Waals surface area (Å²) in [6, 6.07) is 14.3. The van der Waals surface area contributed by atoms with E-state index in [1.807, 2.05) is 24.3 Å². The van der Waals surface area contributed by atoms with E-state index in [1.165, 1.54) is 0 Å². The van der Waals surface area contributed by atoms with Crippen LogP contribution in [0.2, 0.25) is 0 Å². The molecule has 1 unspecified atom stereocenters. The van der Waals surface area contributed by atoms with Crippen LogP contribution in [0.15, 0.2) is 60.9 Å². The predicted octanol–water partition coefficient (Wildman–Crippen LogP) is 2.62. The van der Waals surface area contributed by atoms with Crippen LogP contribution in [-0.2, 0) is 16.2 Å². The summed E-state index contributed by atoms with van der Waals surface area (Å²) in [4.78, 5) is 31.3. The van der Waals surface area contributed by atoms with Gasteiger partial charge in [0.05, 0.1) is 5.92 Å². The van der Waals surface area contributed by atoms with Gasteiger partial charge in [-0.3, -0.25) is 9.78 Å². The standard InChI is InChI=1S/C19H18N4O4/c20-10-18(14-3-1-13(2-4-14)12-27-23(25)26)19(24)22-17-6-5-16-11-21-8-7-15(16)9-17/h1-9,11,18H,10,12,20H2,(H,22,24). The lowest BCUT2D eigenvalue weighted by molar-refractivity contribution is -0.763. The summed E-state index contributed by atoms with van der Waals surface area (Å²) < 4.78 is 0. The van der Waals surface area contributed by atoms with Crippen molar-refractivity contribution in [3.05, 3.63) is 82.2 Å². The summed E-state index contributed by atoms with van der Waals surface area (Å²) >= 11 is 0. The number of nitrogens with one attached hydrogen (secondary N) is 1. The number of nitrogens with zero attached hydrogens (tertiary/aromatic N) is 2. The predicted molar refractivity (Wildman–Crippen MR) is 100 cm³/mol. The summed E-state index contributed by atoms with van der Waals surface area (Å²) in [6.45, 7) is -0.00715. The number of anilines is 1. The number of carbonyl (C=O) groups excluding carboxylic acids is 1. The van der Waals surface area contributed by atoms with Gasteiger partial charge in [0, 0.05) is 30.0 Å². The zero-order valence-corrected chi connectivity index (χ0v) is 14.4. The van der Waals surface area contributed by atoms with Crippen molar-refractivity contribution >= 4 is 22.4 Å². The van der Waals surface area contributed by atoms with Crippen molar-refractivity contribution in [3.8, 4) is 0 Å². The van der Waals surface area contributed by atoms with E-state index < -0.39 is 11.0 Å². The Kier molecular flexibility index (Phi) is 5.58. The quantitative estimate of drug-likeness (QED) is 0.490. The minimum absolute atomic E-state index is 0.133. The van der Waals surface area contributed by atoms with E-state index in [0.29, 0.717) is 11.3 Å². The van der Waals surface area contributed by atoms with Crippen LogP contribution in [0.5, 0.6) is 0 Å². The summed E-state index contributed by atoms with van der Waals surface area (Å²) in [6.07, 6.45) is 3.45. The largest absolute Gasteiger partial charge is 0.329 e. The van der Waals surface area contributed by atoms with Crippen molar-refractivity contribution in [1.29, 1.82) is 0 Å². The molecule has 138 valence electrons. The number of rotatable bonds is 7. The van der Waals surface area contributed by atoms with Crippen molar-refractivity contribution in [2.75, 3.05) is 11.9 Å². The fraction of sp³-hybridized carbons (Fsp3) is 0.158. The number of benzene rings is 2. The van der Waals surface area contributed by atoms with Crippen molar-refractivity contribution < 1.29 is 14.7 Å². The highest BCUT2D eigenvalue weighted by molar-refractivity contribution is 5.98. The molecule has 1 atom stereocenters. The van der Waals surface area contributed by atoms with Crippen molar-refractivity contribution in [2.45, 2.75) is 12.5 Å². The fourth-order valence-corrected chi connectivity index (χ4v) is 2.76. The zero-order chi connectivity index (χ0) is 19.2. The van der Waals surface area contributed by atoms with Gasteiger partial charge in [0.25, 0.3) is 5.09 Å². The molecule has 0 saturated carbocycles. The Balaban J connectivity index is 1.72. The van der Waals surface area contributed by atoms with Gasteiger partial charge in [-0.05, 0) is 34.7 Å². The van der Waals surface area contributed by atoms with E-state index in [9.17, 15) is 14.9 Å². The maximum atomic E-state index is 12.7. The average Bonchev–Trinajstić information content (AvgIpc) is 2.68. The van der Waals surface area contributed by atoms with Crippen LogP contribution < -0.4 is 11.1 Å². The number of amides is 1. The second-order valence-corrected chi connectivity index (χ2v) is 5.95. The maximum Gasteiger partial charge on any atom is 0.294 e. The fourth-order valence-electron chi connectivity index (χ4n) is 2.76. The molecule has 0 aliphatic rings. The van der Waals surface area contributed by atoms with Gasteiger partial charge in [-0.1, -0.05) is 30.3 Å². The van der Waals surface area contributed by atoms with Gasteiger partial charge in [0.15, 0.2) is 0 Å². The smallest absolute Gasteiger partial charge is 0.294 e. The maximum absolute atomic E-state index is 12.7. The molecular formula is C19H18N4O4. The Morgan fingerprint density at radius 2 is 1.96 bits per heavy atom. The number of hydrogen-bond donors (Lipinski definition) is 2. The molecule has 3 rings (SSSR count). The number of carbonyl (C=O) groups is 1. The molecule has 0 aliphatic heterocycles. The van der Waals surface area contributed by atoms with Crippen molar-refractivity contribution in [2.24, 2.45) is 5.73 Å². The van der Waals surface area contributed by atoms with Crippen LogP contribution in [0.25, 0.3) is 10.8 Å². The third kappa shape index (κ3) is 4.56. The van der Waals surface area contributed by atoms with Crippen molar-refractivity contribution in [1.82, 2.24) is 4.98 Å². The van der Waals surface area contributed by atoms with E-state index in [1.54, 1.807) is 36.7 Å². The number of aromatic nitrogens is 1. The molecule has 27 heavy (non-hydrogen) atoms. The third-order valence-corrected chi connectivity index (χ3v) is 4.18. The minimum atomic E-state index is -0.844. The van der Waals surface area contributed by atoms with Crippen LogP contribution in [-0.4, -0.2) is 22.5 Å².